The Kier molecular flexibility index (Phi) is 7.94. The highest BCUT2D eigenvalue weighted by atomic mass is 127. The molecule has 0 aliphatic heterocycles. The average molecular weight is 351 g/mol. The van der Waals surface area contributed by atoms with Gasteiger partial charge in [-0.15, -0.1) is 24.0 Å². The first-order chi connectivity index (χ1) is 7.61. The third-order valence-corrected chi connectivity index (χ3v) is 1.95. The highest BCUT2D eigenvalue weighted by Crippen LogP contribution is 1.98. The Balaban J connectivity index is 0.00000256. The van der Waals surface area contributed by atoms with Crippen molar-refractivity contribution in [3.63, 3.8) is 0 Å². The van der Waals surface area contributed by atoms with Crippen LogP contribution in [0.4, 0.5) is 0 Å². The van der Waals surface area contributed by atoms with Gasteiger partial charge in [-0.05, 0) is 20.8 Å². The van der Waals surface area contributed by atoms with E-state index in [0.717, 1.165) is 18.1 Å². The molecule has 0 saturated heterocycles. The van der Waals surface area contributed by atoms with Crippen molar-refractivity contribution in [3.8, 4) is 0 Å². The van der Waals surface area contributed by atoms with Crippen LogP contribution >= 0.6 is 24.0 Å². The summed E-state index contributed by atoms with van der Waals surface area (Å²) in [6.07, 6.45) is 3.81. The van der Waals surface area contributed by atoms with E-state index in [1.54, 1.807) is 4.68 Å². The summed E-state index contributed by atoms with van der Waals surface area (Å²) >= 11 is 0. The van der Waals surface area contributed by atoms with Gasteiger partial charge in [-0.2, -0.15) is 5.10 Å². The molecule has 0 aliphatic carbocycles. The van der Waals surface area contributed by atoms with E-state index in [1.165, 1.54) is 0 Å². The van der Waals surface area contributed by atoms with Crippen molar-refractivity contribution in [1.29, 1.82) is 0 Å². The molecule has 0 atom stereocenters. The van der Waals surface area contributed by atoms with Gasteiger partial charge in [-0.1, -0.05) is 0 Å². The number of guanidine groups is 1. The molecular formula is C11H22IN5. The Morgan fingerprint density at radius 3 is 2.71 bits per heavy atom. The molecule has 1 rings (SSSR count). The second kappa shape index (κ2) is 8.32. The van der Waals surface area contributed by atoms with Crippen LogP contribution in [-0.2, 0) is 13.6 Å². The zero-order valence-electron chi connectivity index (χ0n) is 10.9. The predicted molar refractivity (Wildman–Crippen MR) is 81.7 cm³/mol. The van der Waals surface area contributed by atoms with Gasteiger partial charge >= 0.3 is 0 Å². The molecule has 6 heteroatoms. The third kappa shape index (κ3) is 6.50. The first kappa shape index (κ1) is 16.2. The number of halogens is 1. The van der Waals surface area contributed by atoms with Crippen LogP contribution in [0.2, 0.25) is 0 Å². The van der Waals surface area contributed by atoms with Gasteiger partial charge in [0, 0.05) is 31.4 Å². The van der Waals surface area contributed by atoms with Crippen LogP contribution < -0.4 is 10.6 Å². The molecule has 1 aromatic rings. The van der Waals surface area contributed by atoms with E-state index < -0.39 is 0 Å². The topological polar surface area (TPSA) is 54.2 Å². The van der Waals surface area contributed by atoms with Crippen LogP contribution in [0.3, 0.4) is 0 Å². The molecule has 0 saturated carbocycles. The third-order valence-electron chi connectivity index (χ3n) is 1.95. The number of hydrogen-bond acceptors (Lipinski definition) is 2. The highest BCUT2D eigenvalue weighted by Gasteiger charge is 2.00. The average Bonchev–Trinajstić information content (AvgIpc) is 2.60. The maximum absolute atomic E-state index is 4.48. The van der Waals surface area contributed by atoms with Gasteiger partial charge in [0.2, 0.25) is 0 Å². The summed E-state index contributed by atoms with van der Waals surface area (Å²) < 4.78 is 1.79. The summed E-state index contributed by atoms with van der Waals surface area (Å²) in [7, 11) is 1.91. The number of aliphatic imine (C=N–C) groups is 1. The van der Waals surface area contributed by atoms with Crippen molar-refractivity contribution in [1.82, 2.24) is 20.4 Å². The molecule has 0 unspecified atom stereocenters. The normalized spacial score (nSPS) is 11.2. The monoisotopic (exact) mass is 351 g/mol. The first-order valence-electron chi connectivity index (χ1n) is 5.64. The van der Waals surface area contributed by atoms with Crippen molar-refractivity contribution in [2.45, 2.75) is 33.4 Å². The van der Waals surface area contributed by atoms with Gasteiger partial charge in [-0.25, -0.2) is 4.99 Å². The summed E-state index contributed by atoms with van der Waals surface area (Å²) in [5.74, 6) is 0.848. The number of rotatable bonds is 4. The summed E-state index contributed by atoms with van der Waals surface area (Å²) in [6, 6.07) is 0.381. The maximum Gasteiger partial charge on any atom is 0.191 e. The Morgan fingerprint density at radius 1 is 1.53 bits per heavy atom. The van der Waals surface area contributed by atoms with Crippen LogP contribution in [0, 0.1) is 0 Å². The second-order valence-corrected chi connectivity index (χ2v) is 4.02. The molecule has 0 bridgehead atoms. The van der Waals surface area contributed by atoms with Gasteiger partial charge in [0.05, 0.1) is 12.7 Å². The van der Waals surface area contributed by atoms with Crippen molar-refractivity contribution < 1.29 is 0 Å². The van der Waals surface area contributed by atoms with Crippen LogP contribution in [0.15, 0.2) is 17.4 Å². The second-order valence-electron chi connectivity index (χ2n) is 4.02. The molecule has 0 aliphatic rings. The molecule has 0 amide bonds. The van der Waals surface area contributed by atoms with E-state index in [9.17, 15) is 0 Å². The van der Waals surface area contributed by atoms with Crippen molar-refractivity contribution in [2.75, 3.05) is 6.54 Å². The number of aromatic nitrogens is 2. The zero-order chi connectivity index (χ0) is 12.0. The molecule has 0 fully saturated rings. The summed E-state index contributed by atoms with van der Waals surface area (Å²) in [4.78, 5) is 4.48. The van der Waals surface area contributed by atoms with Gasteiger partial charge in [0.25, 0.3) is 0 Å². The van der Waals surface area contributed by atoms with Gasteiger partial charge in [0.1, 0.15) is 0 Å². The minimum absolute atomic E-state index is 0. The molecular weight excluding hydrogens is 329 g/mol. The Morgan fingerprint density at radius 2 is 2.24 bits per heavy atom. The largest absolute Gasteiger partial charge is 0.357 e. The van der Waals surface area contributed by atoms with Crippen LogP contribution in [-0.4, -0.2) is 28.3 Å². The predicted octanol–water partition coefficient (Wildman–Crippen LogP) is 1.50. The molecule has 17 heavy (non-hydrogen) atoms. The van der Waals surface area contributed by atoms with E-state index >= 15 is 0 Å². The van der Waals surface area contributed by atoms with Crippen molar-refractivity contribution in [2.24, 2.45) is 12.0 Å². The lowest BCUT2D eigenvalue weighted by atomic mass is 10.4. The van der Waals surface area contributed by atoms with Crippen LogP contribution in [0.5, 0.6) is 0 Å². The fourth-order valence-corrected chi connectivity index (χ4v) is 1.32. The number of aryl methyl sites for hydroxylation is 1. The molecule has 0 aromatic carbocycles. The van der Waals surface area contributed by atoms with Gasteiger partial charge < -0.3 is 10.6 Å². The molecule has 1 heterocycles. The van der Waals surface area contributed by atoms with Crippen LogP contribution in [0.25, 0.3) is 0 Å². The Bertz CT molecular complexity index is 345. The van der Waals surface area contributed by atoms with E-state index in [-0.39, 0.29) is 24.0 Å². The first-order valence-corrected chi connectivity index (χ1v) is 5.64. The zero-order valence-corrected chi connectivity index (χ0v) is 13.2. The summed E-state index contributed by atoms with van der Waals surface area (Å²) in [5, 5.41) is 10.6. The molecule has 1 aromatic heterocycles. The minimum atomic E-state index is 0. The van der Waals surface area contributed by atoms with Crippen molar-refractivity contribution >= 4 is 29.9 Å². The molecule has 98 valence electrons. The molecule has 2 N–H and O–H groups in total. The number of hydrogen-bond donors (Lipinski definition) is 2. The summed E-state index contributed by atoms with van der Waals surface area (Å²) in [6.45, 7) is 7.76. The number of nitrogens with one attached hydrogen (secondary N) is 2. The number of nitrogens with zero attached hydrogens (tertiary/aromatic N) is 3. The van der Waals surface area contributed by atoms with Gasteiger partial charge in [-0.3, -0.25) is 4.68 Å². The van der Waals surface area contributed by atoms with Crippen molar-refractivity contribution in [3.05, 3.63) is 18.0 Å². The summed E-state index contributed by atoms with van der Waals surface area (Å²) in [5.41, 5.74) is 1.11. The maximum atomic E-state index is 4.48. The quantitative estimate of drug-likeness (QED) is 0.491. The smallest absolute Gasteiger partial charge is 0.191 e. The fraction of sp³-hybridized carbons (Fsp3) is 0.636. The minimum Gasteiger partial charge on any atom is -0.357 e. The van der Waals surface area contributed by atoms with E-state index in [4.69, 9.17) is 0 Å². The molecule has 0 radical (unpaired) electrons. The lowest BCUT2D eigenvalue weighted by molar-refractivity contribution is 0.700. The SMILES string of the molecule is CCNC(=NCc1cnn(C)c1)NC(C)C.I. The highest BCUT2D eigenvalue weighted by molar-refractivity contribution is 14.0. The van der Waals surface area contributed by atoms with E-state index in [1.807, 2.05) is 19.4 Å². The van der Waals surface area contributed by atoms with E-state index in [2.05, 4.69) is 41.5 Å². The Hall–Kier alpha value is -0.790. The fourth-order valence-electron chi connectivity index (χ4n) is 1.32. The standard InChI is InChI=1S/C11H21N5.HI/c1-5-12-11(15-9(2)3)13-6-10-7-14-16(4)8-10;/h7-9H,5-6H2,1-4H3,(H2,12,13,15);1H. The Labute approximate surface area is 120 Å². The lowest BCUT2D eigenvalue weighted by Crippen LogP contribution is -2.40. The lowest BCUT2D eigenvalue weighted by Gasteiger charge is -2.13. The van der Waals surface area contributed by atoms with E-state index in [0.29, 0.717) is 12.6 Å². The van der Waals surface area contributed by atoms with Crippen LogP contribution in [0.1, 0.15) is 26.3 Å². The molecule has 5 nitrogen and oxygen atoms in total. The van der Waals surface area contributed by atoms with Gasteiger partial charge in [0.15, 0.2) is 5.96 Å². The molecule has 0 spiro atoms.